The Morgan fingerprint density at radius 3 is 2.34 bits per heavy atom. The topological polar surface area (TPSA) is 113 Å². The molecule has 3 aromatic rings. The van der Waals surface area contributed by atoms with Gasteiger partial charge in [-0.2, -0.15) is 0 Å². The number of aryl methyl sites for hydroxylation is 1. The fraction of sp³-hybridized carbons (Fsp3) is 0.308. The van der Waals surface area contributed by atoms with Crippen LogP contribution in [0.2, 0.25) is 0 Å². The molecule has 0 fully saturated rings. The van der Waals surface area contributed by atoms with Gasteiger partial charge in [-0.1, -0.05) is 48.5 Å². The number of anilines is 2. The van der Waals surface area contributed by atoms with E-state index in [1.54, 1.807) is 36.2 Å². The van der Waals surface area contributed by atoms with Gasteiger partial charge in [0.05, 0.1) is 30.1 Å². The number of amides is 2. The Balaban J connectivity index is 1.97. The third-order valence-electron chi connectivity index (χ3n) is 7.07. The molecule has 1 aliphatic heterocycles. The van der Waals surface area contributed by atoms with Crippen molar-refractivity contribution in [3.05, 3.63) is 71.8 Å². The van der Waals surface area contributed by atoms with E-state index in [2.05, 4.69) is 5.32 Å². The fourth-order valence-corrected chi connectivity index (χ4v) is 5.67. The molecule has 9 heteroatoms. The Labute approximate surface area is 205 Å². The molecule has 1 heterocycles. The molecule has 4 rings (SSSR count). The first-order valence-electron chi connectivity index (χ1n) is 11.3. The van der Waals surface area contributed by atoms with Gasteiger partial charge in [0.25, 0.3) is 0 Å². The van der Waals surface area contributed by atoms with E-state index in [1.165, 1.54) is 11.2 Å². The molecule has 0 radical (unpaired) electrons. The van der Waals surface area contributed by atoms with Crippen molar-refractivity contribution in [3.63, 3.8) is 0 Å². The number of carbonyl (C=O) groups excluding carboxylic acids is 2. The van der Waals surface area contributed by atoms with Crippen molar-refractivity contribution in [2.45, 2.75) is 25.9 Å². The number of likely N-dealkylation sites (N-methyl/N-ethyl adjacent to an activating group) is 1. The highest BCUT2D eigenvalue weighted by molar-refractivity contribution is 7.92. The number of para-hydroxylation sites is 2. The SMILES string of the molecule is CNC(C)(C(N)=O)[C@@H]1CN(S(C)(=O)=O)c2ccccc2N(Cc2c(C)ccc3ccccc23)C1=O. The maximum Gasteiger partial charge on any atom is 0.238 e. The lowest BCUT2D eigenvalue weighted by Gasteiger charge is -2.36. The number of nitrogens with one attached hydrogen (secondary N) is 1. The minimum absolute atomic E-state index is 0.204. The molecule has 2 amide bonds. The molecule has 0 bridgehead atoms. The minimum Gasteiger partial charge on any atom is -0.368 e. The zero-order chi connectivity index (χ0) is 25.5. The molecular weight excluding hydrogens is 464 g/mol. The highest BCUT2D eigenvalue weighted by atomic mass is 32.2. The second-order valence-electron chi connectivity index (χ2n) is 9.16. The van der Waals surface area contributed by atoms with Crippen LogP contribution in [0.5, 0.6) is 0 Å². The number of hydrogen-bond acceptors (Lipinski definition) is 5. The van der Waals surface area contributed by atoms with Crippen molar-refractivity contribution in [3.8, 4) is 0 Å². The number of sulfonamides is 1. The van der Waals surface area contributed by atoms with Crippen LogP contribution in [-0.4, -0.2) is 45.6 Å². The summed E-state index contributed by atoms with van der Waals surface area (Å²) in [6.45, 7) is 3.50. The largest absolute Gasteiger partial charge is 0.368 e. The first-order valence-corrected chi connectivity index (χ1v) is 13.2. The Bertz CT molecular complexity index is 1420. The normalized spacial score (nSPS) is 18.2. The zero-order valence-corrected chi connectivity index (χ0v) is 21.1. The third-order valence-corrected chi connectivity index (χ3v) is 8.22. The minimum atomic E-state index is -3.78. The predicted octanol–water partition coefficient (Wildman–Crippen LogP) is 2.54. The van der Waals surface area contributed by atoms with Gasteiger partial charge in [-0.3, -0.25) is 13.9 Å². The molecular formula is C26H30N4O4S. The first kappa shape index (κ1) is 24.7. The van der Waals surface area contributed by atoms with Gasteiger partial charge in [-0.15, -0.1) is 0 Å². The van der Waals surface area contributed by atoms with Crippen molar-refractivity contribution in [2.24, 2.45) is 11.7 Å². The zero-order valence-electron chi connectivity index (χ0n) is 20.3. The summed E-state index contributed by atoms with van der Waals surface area (Å²) in [5.74, 6) is -2.19. The second kappa shape index (κ2) is 8.98. The van der Waals surface area contributed by atoms with Gasteiger partial charge in [-0.25, -0.2) is 8.42 Å². The lowest BCUT2D eigenvalue weighted by atomic mass is 9.83. The summed E-state index contributed by atoms with van der Waals surface area (Å²) in [6, 6.07) is 18.9. The summed E-state index contributed by atoms with van der Waals surface area (Å²) in [6.07, 6.45) is 1.09. The fourth-order valence-electron chi connectivity index (χ4n) is 4.74. The number of hydrogen-bond donors (Lipinski definition) is 2. The van der Waals surface area contributed by atoms with Gasteiger partial charge in [0.15, 0.2) is 0 Å². The van der Waals surface area contributed by atoms with E-state index in [1.807, 2.05) is 43.3 Å². The van der Waals surface area contributed by atoms with E-state index in [9.17, 15) is 18.0 Å². The molecule has 3 N–H and O–H groups in total. The molecule has 35 heavy (non-hydrogen) atoms. The number of nitrogens with zero attached hydrogens (tertiary/aromatic N) is 2. The lowest BCUT2D eigenvalue weighted by Crippen LogP contribution is -2.63. The van der Waals surface area contributed by atoms with Crippen LogP contribution in [0.4, 0.5) is 11.4 Å². The van der Waals surface area contributed by atoms with Crippen LogP contribution in [0.25, 0.3) is 10.8 Å². The number of fused-ring (bicyclic) bond motifs is 2. The molecule has 0 aromatic heterocycles. The molecule has 0 saturated heterocycles. The molecule has 0 saturated carbocycles. The van der Waals surface area contributed by atoms with Crippen LogP contribution in [0.15, 0.2) is 60.7 Å². The Morgan fingerprint density at radius 1 is 1.09 bits per heavy atom. The summed E-state index contributed by atoms with van der Waals surface area (Å²) in [5.41, 5.74) is 7.05. The number of rotatable bonds is 6. The van der Waals surface area contributed by atoms with Gasteiger partial charge in [-0.05, 0) is 54.9 Å². The van der Waals surface area contributed by atoms with Crippen molar-refractivity contribution in [1.82, 2.24) is 5.32 Å². The molecule has 2 atom stereocenters. The van der Waals surface area contributed by atoms with Crippen LogP contribution >= 0.6 is 0 Å². The summed E-state index contributed by atoms with van der Waals surface area (Å²) in [5, 5.41) is 4.93. The number of benzene rings is 3. The summed E-state index contributed by atoms with van der Waals surface area (Å²) in [4.78, 5) is 28.3. The average Bonchev–Trinajstić information content (AvgIpc) is 2.95. The molecule has 0 spiro atoms. The maximum absolute atomic E-state index is 14.2. The van der Waals surface area contributed by atoms with E-state index < -0.39 is 27.4 Å². The number of nitrogens with two attached hydrogens (primary N) is 1. The molecule has 1 unspecified atom stereocenters. The van der Waals surface area contributed by atoms with Crippen molar-refractivity contribution in [1.29, 1.82) is 0 Å². The Kier molecular flexibility index (Phi) is 6.33. The van der Waals surface area contributed by atoms with Gasteiger partial charge in [0.1, 0.15) is 5.54 Å². The van der Waals surface area contributed by atoms with Crippen LogP contribution < -0.4 is 20.3 Å². The van der Waals surface area contributed by atoms with E-state index >= 15 is 0 Å². The number of carbonyl (C=O) groups is 2. The highest BCUT2D eigenvalue weighted by Crippen LogP contribution is 2.39. The maximum atomic E-state index is 14.2. The molecule has 1 aliphatic rings. The second-order valence-corrected chi connectivity index (χ2v) is 11.1. The monoisotopic (exact) mass is 494 g/mol. The molecule has 3 aromatic carbocycles. The average molecular weight is 495 g/mol. The summed E-state index contributed by atoms with van der Waals surface area (Å²) >= 11 is 0. The molecule has 184 valence electrons. The summed E-state index contributed by atoms with van der Waals surface area (Å²) < 4.78 is 27.0. The van der Waals surface area contributed by atoms with Crippen molar-refractivity contribution >= 4 is 44.0 Å². The number of primary amides is 1. The van der Waals surface area contributed by atoms with Crippen LogP contribution in [-0.2, 0) is 26.2 Å². The van der Waals surface area contributed by atoms with E-state index in [0.717, 1.165) is 28.2 Å². The first-order chi connectivity index (χ1) is 16.5. The van der Waals surface area contributed by atoms with E-state index in [4.69, 9.17) is 5.73 Å². The van der Waals surface area contributed by atoms with Gasteiger partial charge in [0.2, 0.25) is 21.8 Å². The quantitative estimate of drug-likeness (QED) is 0.547. The standard InChI is InChI=1S/C26H30N4O4S/c1-17-13-14-18-9-5-6-10-19(18)20(17)15-29-22-11-7-8-12-23(22)30(35(4,33)34)16-21(24(29)31)26(2,28-3)25(27)32/h5-14,21,28H,15-16H2,1-4H3,(H2,27,32)/t21-,26?/m1/s1. The van der Waals surface area contributed by atoms with Gasteiger partial charge < -0.3 is 16.0 Å². The van der Waals surface area contributed by atoms with E-state index in [0.29, 0.717) is 11.4 Å². The third kappa shape index (κ3) is 4.26. The van der Waals surface area contributed by atoms with Crippen LogP contribution in [0.3, 0.4) is 0 Å². The molecule has 8 nitrogen and oxygen atoms in total. The highest BCUT2D eigenvalue weighted by Gasteiger charge is 2.49. The summed E-state index contributed by atoms with van der Waals surface area (Å²) in [7, 11) is -2.24. The smallest absolute Gasteiger partial charge is 0.238 e. The van der Waals surface area contributed by atoms with Crippen LogP contribution in [0.1, 0.15) is 18.1 Å². The Morgan fingerprint density at radius 2 is 1.71 bits per heavy atom. The molecule has 0 aliphatic carbocycles. The van der Waals surface area contributed by atoms with Crippen molar-refractivity contribution < 1.29 is 18.0 Å². The van der Waals surface area contributed by atoms with E-state index in [-0.39, 0.29) is 19.0 Å². The Hall–Kier alpha value is -3.43. The lowest BCUT2D eigenvalue weighted by molar-refractivity contribution is -0.133. The van der Waals surface area contributed by atoms with Crippen molar-refractivity contribution in [2.75, 3.05) is 29.1 Å². The predicted molar refractivity (Wildman–Crippen MR) is 139 cm³/mol. The van der Waals surface area contributed by atoms with Gasteiger partial charge >= 0.3 is 0 Å². The van der Waals surface area contributed by atoms with Crippen LogP contribution in [0, 0.1) is 12.8 Å². The van der Waals surface area contributed by atoms with Gasteiger partial charge in [0, 0.05) is 6.54 Å².